The molecule has 1 fully saturated rings. The molecule has 3 N–H and O–H groups in total. The van der Waals surface area contributed by atoms with Gasteiger partial charge in [0, 0.05) is 36.3 Å². The van der Waals surface area contributed by atoms with Crippen molar-refractivity contribution < 1.29 is 18.7 Å². The van der Waals surface area contributed by atoms with E-state index in [4.69, 9.17) is 13.6 Å². The Bertz CT molecular complexity index is 1510. The number of halogens is 2. The lowest BCUT2D eigenvalue weighted by atomic mass is 9.87. The normalized spacial score (nSPS) is 19.6. The summed E-state index contributed by atoms with van der Waals surface area (Å²) in [6, 6.07) is 11.1. The van der Waals surface area contributed by atoms with Gasteiger partial charge in [0.1, 0.15) is 17.3 Å². The lowest BCUT2D eigenvalue weighted by molar-refractivity contribution is -0.0231. The maximum atomic E-state index is 15.3. The third-order valence-corrected chi connectivity index (χ3v) is 7.41. The van der Waals surface area contributed by atoms with E-state index in [0.29, 0.717) is 29.7 Å². The molecular weight excluding hydrogens is 487 g/mol. The zero-order valence-corrected chi connectivity index (χ0v) is 20.7. The Morgan fingerprint density at radius 2 is 1.97 bits per heavy atom. The summed E-state index contributed by atoms with van der Waals surface area (Å²) < 4.78 is 30.7. The molecule has 1 aliphatic heterocycles. The molecule has 1 unspecified atom stereocenters. The van der Waals surface area contributed by atoms with E-state index in [1.807, 2.05) is 0 Å². The van der Waals surface area contributed by atoms with Crippen LogP contribution in [0, 0.1) is 28.4 Å². The quantitative estimate of drug-likeness (QED) is 0.284. The molecule has 7 nitrogen and oxygen atoms in total. The first-order valence-electron chi connectivity index (χ1n) is 12.1. The number of nitrogen functional groups attached to an aromatic ring is 1. The number of hydrogen-bond acceptors (Lipinski definition) is 6. The summed E-state index contributed by atoms with van der Waals surface area (Å²) in [6.07, 6.45) is 5.96. The molecular formula is C28H24BF2N5O2. The van der Waals surface area contributed by atoms with Gasteiger partial charge >= 0.3 is 0 Å². The van der Waals surface area contributed by atoms with Gasteiger partial charge in [-0.05, 0) is 66.6 Å². The number of amides is 1. The first-order chi connectivity index (χ1) is 18.1. The average Bonchev–Trinajstić information content (AvgIpc) is 3.65. The molecule has 0 bridgehead atoms. The number of aromatic nitrogens is 1. The van der Waals surface area contributed by atoms with Gasteiger partial charge in [-0.25, -0.2) is 8.78 Å². The Hall–Kier alpha value is -4.10. The van der Waals surface area contributed by atoms with Crippen LogP contribution >= 0.6 is 0 Å². The van der Waals surface area contributed by atoms with Crippen molar-refractivity contribution in [1.82, 2.24) is 9.88 Å². The number of nitrogens with zero attached hydrogens (tertiary/aromatic N) is 4. The number of aryl methyl sites for hydroxylation is 1. The van der Waals surface area contributed by atoms with E-state index in [0.717, 1.165) is 35.4 Å². The number of carbonyl (C=O) groups excluding carboxylic acids is 1. The number of aliphatic hydroxyl groups is 1. The summed E-state index contributed by atoms with van der Waals surface area (Å²) in [5, 5.41) is 20.1. The van der Waals surface area contributed by atoms with Gasteiger partial charge in [0.2, 0.25) is 0 Å². The summed E-state index contributed by atoms with van der Waals surface area (Å²) in [6.45, 7) is -0.606. The number of fused-ring (bicyclic) bond motifs is 1. The number of nitriles is 1. The van der Waals surface area contributed by atoms with E-state index in [2.05, 4.69) is 16.0 Å². The van der Waals surface area contributed by atoms with E-state index in [-0.39, 0.29) is 22.2 Å². The topological polar surface area (TPSA) is 116 Å². The van der Waals surface area contributed by atoms with Crippen LogP contribution in [0.25, 0.3) is 11.1 Å². The zero-order valence-electron chi connectivity index (χ0n) is 20.7. The Labute approximate surface area is 220 Å². The van der Waals surface area contributed by atoms with Gasteiger partial charge in [0.15, 0.2) is 7.85 Å². The molecule has 38 heavy (non-hydrogen) atoms. The summed E-state index contributed by atoms with van der Waals surface area (Å²) >= 11 is 0. The zero-order chi connectivity index (χ0) is 27.2. The molecule has 1 amide bonds. The molecule has 3 aromatic rings. The fraction of sp³-hybridized carbons (Fsp3) is 0.286. The van der Waals surface area contributed by atoms with E-state index in [1.165, 1.54) is 24.5 Å². The molecule has 2 heterocycles. The Balaban J connectivity index is 1.47. The fourth-order valence-electron chi connectivity index (χ4n) is 4.92. The fourth-order valence-corrected chi connectivity index (χ4v) is 4.92. The molecule has 2 aliphatic rings. The molecule has 10 heteroatoms. The van der Waals surface area contributed by atoms with Crippen LogP contribution in [-0.2, 0) is 18.6 Å². The van der Waals surface area contributed by atoms with E-state index in [9.17, 15) is 15.2 Å². The number of benzene rings is 2. The lowest BCUT2D eigenvalue weighted by Gasteiger charge is -2.31. The van der Waals surface area contributed by atoms with Crippen molar-refractivity contribution in [2.24, 2.45) is 10.4 Å². The van der Waals surface area contributed by atoms with Crippen LogP contribution < -0.4 is 5.73 Å². The van der Waals surface area contributed by atoms with Gasteiger partial charge in [0.25, 0.3) is 5.91 Å². The van der Waals surface area contributed by atoms with Gasteiger partial charge in [-0.15, -0.1) is 0 Å². The molecule has 1 aliphatic carbocycles. The molecule has 2 aromatic carbocycles. The number of carbonyl (C=O) groups is 1. The SMILES string of the molecule is [B]C1(O)c2ncccc2C(=O)N1Cc1c(F)cc(-c2ccc(CCC3(C#N)CC3)c(N)c2C=NC)cc1F. The summed E-state index contributed by atoms with van der Waals surface area (Å²) in [5.74, 6) is -2.52. The van der Waals surface area contributed by atoms with Crippen LogP contribution in [0.15, 0.2) is 47.6 Å². The van der Waals surface area contributed by atoms with Gasteiger partial charge in [0.05, 0.1) is 29.3 Å². The predicted molar refractivity (Wildman–Crippen MR) is 139 cm³/mol. The first kappa shape index (κ1) is 25.6. The maximum Gasteiger partial charge on any atom is 0.258 e. The molecule has 1 aromatic heterocycles. The third kappa shape index (κ3) is 4.23. The monoisotopic (exact) mass is 511 g/mol. The third-order valence-electron chi connectivity index (χ3n) is 7.41. The number of hydrogen-bond donors (Lipinski definition) is 2. The highest BCUT2D eigenvalue weighted by atomic mass is 19.1. The van der Waals surface area contributed by atoms with Crippen LogP contribution in [0.5, 0.6) is 0 Å². The van der Waals surface area contributed by atoms with Gasteiger partial charge in [-0.2, -0.15) is 5.26 Å². The highest BCUT2D eigenvalue weighted by molar-refractivity contribution is 6.19. The maximum absolute atomic E-state index is 15.3. The smallest absolute Gasteiger partial charge is 0.258 e. The van der Waals surface area contributed by atoms with Crippen LogP contribution in [0.3, 0.4) is 0 Å². The van der Waals surface area contributed by atoms with Crippen molar-refractivity contribution in [3.63, 3.8) is 0 Å². The minimum Gasteiger partial charge on any atom is -0.398 e. The molecule has 0 saturated heterocycles. The highest BCUT2D eigenvalue weighted by Crippen LogP contribution is 2.49. The standard InChI is InChI=1S/C28H24BF2N5O2/c1-34-13-20-18(5-4-16(24(20)33)6-7-27(15-32)8-9-27)17-11-22(30)21(23(31)12-17)14-36-26(37)19-3-2-10-35-25(19)28(36,29)38/h2-5,10-13,38H,6-9,14,33H2,1H3. The Morgan fingerprint density at radius 1 is 1.26 bits per heavy atom. The number of pyridine rings is 1. The largest absolute Gasteiger partial charge is 0.398 e. The number of aliphatic imine (C=N–C) groups is 1. The van der Waals surface area contributed by atoms with Crippen molar-refractivity contribution in [2.45, 2.75) is 37.9 Å². The Morgan fingerprint density at radius 3 is 2.58 bits per heavy atom. The second-order valence-electron chi connectivity index (χ2n) is 9.81. The molecule has 1 atom stereocenters. The predicted octanol–water partition coefficient (Wildman–Crippen LogP) is 3.82. The van der Waals surface area contributed by atoms with Gasteiger partial charge in [-0.3, -0.25) is 14.8 Å². The van der Waals surface area contributed by atoms with E-state index >= 15 is 8.78 Å². The molecule has 190 valence electrons. The minimum absolute atomic E-state index is 0.0661. The van der Waals surface area contributed by atoms with E-state index < -0.39 is 35.3 Å². The van der Waals surface area contributed by atoms with Gasteiger partial charge in [-0.1, -0.05) is 12.1 Å². The van der Waals surface area contributed by atoms with Crippen molar-refractivity contribution in [3.05, 3.63) is 82.2 Å². The number of nitrogens with two attached hydrogens (primary N) is 1. The molecule has 2 radical (unpaired) electrons. The first-order valence-corrected chi connectivity index (χ1v) is 12.1. The molecule has 5 rings (SSSR count). The van der Waals surface area contributed by atoms with Crippen LogP contribution in [0.1, 0.15) is 52.0 Å². The number of rotatable bonds is 7. The van der Waals surface area contributed by atoms with Crippen LogP contribution in [-0.4, -0.2) is 42.0 Å². The van der Waals surface area contributed by atoms with Crippen molar-refractivity contribution in [3.8, 4) is 17.2 Å². The summed E-state index contributed by atoms with van der Waals surface area (Å²) in [7, 11) is 7.52. The van der Waals surface area contributed by atoms with Crippen LogP contribution in [0.4, 0.5) is 14.5 Å². The molecule has 0 spiro atoms. The average molecular weight is 511 g/mol. The van der Waals surface area contributed by atoms with Gasteiger partial charge < -0.3 is 15.7 Å². The lowest BCUT2D eigenvalue weighted by Crippen LogP contribution is -2.44. The highest BCUT2D eigenvalue weighted by Gasteiger charge is 2.46. The summed E-state index contributed by atoms with van der Waals surface area (Å²) in [4.78, 5) is 21.6. The second-order valence-corrected chi connectivity index (χ2v) is 9.81. The minimum atomic E-state index is -2.31. The molecule has 1 saturated carbocycles. The Kier molecular flexibility index (Phi) is 6.28. The second kappa shape index (κ2) is 9.33. The van der Waals surface area contributed by atoms with Crippen molar-refractivity contribution >= 4 is 25.7 Å². The van der Waals surface area contributed by atoms with Crippen molar-refractivity contribution in [2.75, 3.05) is 12.8 Å². The van der Waals surface area contributed by atoms with Crippen LogP contribution in [0.2, 0.25) is 0 Å². The van der Waals surface area contributed by atoms with Crippen molar-refractivity contribution in [1.29, 1.82) is 5.26 Å². The van der Waals surface area contributed by atoms with E-state index in [1.54, 1.807) is 19.2 Å². The number of anilines is 1. The summed E-state index contributed by atoms with van der Waals surface area (Å²) in [5.41, 5.74) is 5.91.